The number of aliphatic carboxylic acids is 1. The van der Waals surface area contributed by atoms with E-state index in [-0.39, 0.29) is 24.6 Å². The fourth-order valence-corrected chi connectivity index (χ4v) is 2.74. The van der Waals surface area contributed by atoms with Gasteiger partial charge >= 0.3 is 12.0 Å². The maximum absolute atomic E-state index is 12.1. The van der Waals surface area contributed by atoms with Gasteiger partial charge in [0.2, 0.25) is 0 Å². The second-order valence-electron chi connectivity index (χ2n) is 5.67. The Kier molecular flexibility index (Phi) is 4.87. The standard InChI is InChI=1S/C14H22N2O4/c1-10-6-11(13(17)18)9-16(8-10)14(19)15-7-12-4-2-3-5-20-12/h3,5,10-12H,2,4,6-9H2,1H3,(H,15,19)(H,17,18). The lowest BCUT2D eigenvalue weighted by Gasteiger charge is -2.35. The average molecular weight is 282 g/mol. The highest BCUT2D eigenvalue weighted by Crippen LogP contribution is 2.21. The Labute approximate surface area is 118 Å². The molecule has 6 heteroatoms. The molecule has 1 saturated heterocycles. The van der Waals surface area contributed by atoms with E-state index in [9.17, 15) is 9.59 Å². The number of carbonyl (C=O) groups is 2. The van der Waals surface area contributed by atoms with Crippen molar-refractivity contribution in [1.29, 1.82) is 0 Å². The summed E-state index contributed by atoms with van der Waals surface area (Å²) < 4.78 is 5.39. The number of hydrogen-bond donors (Lipinski definition) is 2. The van der Waals surface area contributed by atoms with Gasteiger partial charge in [-0.2, -0.15) is 0 Å². The Morgan fingerprint density at radius 2 is 2.25 bits per heavy atom. The van der Waals surface area contributed by atoms with E-state index in [1.54, 1.807) is 11.2 Å². The molecule has 0 aromatic heterocycles. The molecule has 3 atom stereocenters. The van der Waals surface area contributed by atoms with Gasteiger partial charge in [-0.15, -0.1) is 0 Å². The number of ether oxygens (including phenoxy) is 1. The van der Waals surface area contributed by atoms with Crippen LogP contribution in [0.5, 0.6) is 0 Å². The third-order valence-electron chi connectivity index (χ3n) is 3.80. The number of likely N-dealkylation sites (tertiary alicyclic amines) is 1. The number of carboxylic acids is 1. The van der Waals surface area contributed by atoms with Crippen molar-refractivity contribution in [2.45, 2.75) is 32.3 Å². The van der Waals surface area contributed by atoms with E-state index in [4.69, 9.17) is 9.84 Å². The maximum Gasteiger partial charge on any atom is 0.317 e. The number of allylic oxidation sites excluding steroid dienone is 1. The molecule has 2 aliphatic heterocycles. The summed E-state index contributed by atoms with van der Waals surface area (Å²) in [4.78, 5) is 24.8. The summed E-state index contributed by atoms with van der Waals surface area (Å²) in [7, 11) is 0. The number of hydrogen-bond acceptors (Lipinski definition) is 3. The normalized spacial score (nSPS) is 29.6. The molecule has 6 nitrogen and oxygen atoms in total. The molecule has 0 bridgehead atoms. The first-order valence-corrected chi connectivity index (χ1v) is 7.12. The van der Waals surface area contributed by atoms with Gasteiger partial charge < -0.3 is 20.1 Å². The van der Waals surface area contributed by atoms with Crippen LogP contribution in [0.15, 0.2) is 12.3 Å². The first kappa shape index (κ1) is 14.7. The van der Waals surface area contributed by atoms with Gasteiger partial charge in [-0.25, -0.2) is 4.79 Å². The minimum absolute atomic E-state index is 0.0152. The van der Waals surface area contributed by atoms with Crippen molar-refractivity contribution < 1.29 is 19.4 Å². The topological polar surface area (TPSA) is 78.9 Å². The lowest BCUT2D eigenvalue weighted by atomic mass is 9.91. The maximum atomic E-state index is 12.1. The number of carbonyl (C=O) groups excluding carboxylic acids is 1. The summed E-state index contributed by atoms with van der Waals surface area (Å²) in [5.41, 5.74) is 0. The van der Waals surface area contributed by atoms with Crippen LogP contribution in [0.1, 0.15) is 26.2 Å². The summed E-state index contributed by atoms with van der Waals surface area (Å²) in [6.07, 6.45) is 6.14. The van der Waals surface area contributed by atoms with Crippen LogP contribution >= 0.6 is 0 Å². The molecule has 2 amide bonds. The van der Waals surface area contributed by atoms with E-state index in [2.05, 4.69) is 5.32 Å². The van der Waals surface area contributed by atoms with Gasteiger partial charge in [0.15, 0.2) is 0 Å². The molecule has 0 aliphatic carbocycles. The van der Waals surface area contributed by atoms with Crippen molar-refractivity contribution in [1.82, 2.24) is 10.2 Å². The molecule has 1 fully saturated rings. The largest absolute Gasteiger partial charge is 0.497 e. The Morgan fingerprint density at radius 1 is 1.45 bits per heavy atom. The highest BCUT2D eigenvalue weighted by Gasteiger charge is 2.32. The Balaban J connectivity index is 1.81. The third kappa shape index (κ3) is 3.88. The number of urea groups is 1. The SMILES string of the molecule is CC1CC(C(=O)O)CN(C(=O)NCC2CCC=CO2)C1. The smallest absolute Gasteiger partial charge is 0.317 e. The van der Waals surface area contributed by atoms with Crippen LogP contribution in [0.4, 0.5) is 4.79 Å². The van der Waals surface area contributed by atoms with Crippen molar-refractivity contribution in [3.05, 3.63) is 12.3 Å². The fourth-order valence-electron chi connectivity index (χ4n) is 2.74. The van der Waals surface area contributed by atoms with Crippen LogP contribution in [0.25, 0.3) is 0 Å². The second-order valence-corrected chi connectivity index (χ2v) is 5.67. The number of nitrogens with one attached hydrogen (secondary N) is 1. The third-order valence-corrected chi connectivity index (χ3v) is 3.80. The van der Waals surface area contributed by atoms with Gasteiger partial charge in [0.25, 0.3) is 0 Å². The van der Waals surface area contributed by atoms with Crippen LogP contribution in [0.2, 0.25) is 0 Å². The van der Waals surface area contributed by atoms with Crippen molar-refractivity contribution in [2.75, 3.05) is 19.6 Å². The van der Waals surface area contributed by atoms with Crippen LogP contribution in [-0.4, -0.2) is 47.7 Å². The van der Waals surface area contributed by atoms with E-state index < -0.39 is 11.9 Å². The van der Waals surface area contributed by atoms with Gasteiger partial charge in [0.1, 0.15) is 6.10 Å². The number of piperidine rings is 1. The Hall–Kier alpha value is -1.72. The number of amides is 2. The predicted octanol–water partition coefficient (Wildman–Crippen LogP) is 1.43. The lowest BCUT2D eigenvalue weighted by molar-refractivity contribution is -0.143. The molecule has 0 aromatic carbocycles. The van der Waals surface area contributed by atoms with E-state index in [1.807, 2.05) is 13.0 Å². The van der Waals surface area contributed by atoms with Crippen LogP contribution < -0.4 is 5.32 Å². The molecule has 2 aliphatic rings. The van der Waals surface area contributed by atoms with Crippen LogP contribution in [-0.2, 0) is 9.53 Å². The van der Waals surface area contributed by atoms with E-state index in [0.29, 0.717) is 19.5 Å². The fraction of sp³-hybridized carbons (Fsp3) is 0.714. The van der Waals surface area contributed by atoms with E-state index in [1.165, 1.54) is 0 Å². The monoisotopic (exact) mass is 282 g/mol. The van der Waals surface area contributed by atoms with E-state index in [0.717, 1.165) is 12.8 Å². The summed E-state index contributed by atoms with van der Waals surface area (Å²) in [5.74, 6) is -1.07. The number of nitrogens with zero attached hydrogens (tertiary/aromatic N) is 1. The highest BCUT2D eigenvalue weighted by atomic mass is 16.5. The highest BCUT2D eigenvalue weighted by molar-refractivity contribution is 5.76. The predicted molar refractivity (Wildman–Crippen MR) is 73.1 cm³/mol. The van der Waals surface area contributed by atoms with Gasteiger partial charge in [0.05, 0.1) is 18.7 Å². The second kappa shape index (κ2) is 6.63. The quantitative estimate of drug-likeness (QED) is 0.820. The summed E-state index contributed by atoms with van der Waals surface area (Å²) in [6.45, 7) is 3.34. The van der Waals surface area contributed by atoms with Crippen molar-refractivity contribution in [2.24, 2.45) is 11.8 Å². The van der Waals surface area contributed by atoms with Crippen LogP contribution in [0, 0.1) is 11.8 Å². The van der Waals surface area contributed by atoms with E-state index >= 15 is 0 Å². The number of carboxylic acid groups (broad SMARTS) is 1. The zero-order chi connectivity index (χ0) is 14.5. The molecule has 20 heavy (non-hydrogen) atoms. The molecule has 0 spiro atoms. The molecule has 0 aromatic rings. The van der Waals surface area contributed by atoms with Crippen LogP contribution in [0.3, 0.4) is 0 Å². The first-order chi connectivity index (χ1) is 9.56. The summed E-state index contributed by atoms with van der Waals surface area (Å²) in [5, 5.41) is 11.9. The van der Waals surface area contributed by atoms with Gasteiger partial charge in [-0.1, -0.05) is 6.92 Å². The summed E-state index contributed by atoms with van der Waals surface area (Å²) in [6, 6.07) is -0.194. The number of rotatable bonds is 3. The molecule has 2 rings (SSSR count). The Morgan fingerprint density at radius 3 is 2.90 bits per heavy atom. The molecule has 112 valence electrons. The molecule has 0 radical (unpaired) electrons. The first-order valence-electron chi connectivity index (χ1n) is 7.12. The summed E-state index contributed by atoms with van der Waals surface area (Å²) >= 11 is 0. The molecular formula is C14H22N2O4. The van der Waals surface area contributed by atoms with Crippen molar-refractivity contribution >= 4 is 12.0 Å². The Bertz CT molecular complexity index is 397. The van der Waals surface area contributed by atoms with Crippen molar-refractivity contribution in [3.8, 4) is 0 Å². The molecule has 0 saturated carbocycles. The minimum Gasteiger partial charge on any atom is -0.497 e. The molecule has 2 heterocycles. The van der Waals surface area contributed by atoms with Gasteiger partial charge in [-0.05, 0) is 31.3 Å². The lowest BCUT2D eigenvalue weighted by Crippen LogP contribution is -2.50. The zero-order valence-corrected chi connectivity index (χ0v) is 11.7. The average Bonchev–Trinajstić information content (AvgIpc) is 2.45. The minimum atomic E-state index is -0.824. The van der Waals surface area contributed by atoms with Gasteiger partial charge in [-0.3, -0.25) is 4.79 Å². The molecular weight excluding hydrogens is 260 g/mol. The van der Waals surface area contributed by atoms with Crippen molar-refractivity contribution in [3.63, 3.8) is 0 Å². The zero-order valence-electron chi connectivity index (χ0n) is 11.7. The molecule has 2 N–H and O–H groups in total. The van der Waals surface area contributed by atoms with Gasteiger partial charge in [0, 0.05) is 13.1 Å². The molecule has 3 unspecified atom stereocenters.